The van der Waals surface area contributed by atoms with Crippen LogP contribution in [0.1, 0.15) is 21.7 Å². The molecule has 0 radical (unpaired) electrons. The molecule has 0 aliphatic heterocycles. The minimum absolute atomic E-state index is 0.211. The summed E-state index contributed by atoms with van der Waals surface area (Å²) in [5.74, 6) is 0.379. The number of aryl methyl sites for hydroxylation is 1. The van der Waals surface area contributed by atoms with Crippen LogP contribution in [0, 0.1) is 11.3 Å². The van der Waals surface area contributed by atoms with Gasteiger partial charge in [-0.2, -0.15) is 5.26 Å². The Kier molecular flexibility index (Phi) is 5.16. The molecule has 162 valence electrons. The summed E-state index contributed by atoms with van der Waals surface area (Å²) in [5.41, 5.74) is 4.84. The van der Waals surface area contributed by atoms with Crippen molar-refractivity contribution in [2.24, 2.45) is 7.05 Å². The normalized spacial score (nSPS) is 10.9. The third-order valence-electron chi connectivity index (χ3n) is 5.19. The van der Waals surface area contributed by atoms with E-state index in [-0.39, 0.29) is 17.3 Å². The number of hydrogen-bond donors (Lipinski definition) is 2. The Bertz CT molecular complexity index is 1550. The Hall–Kier alpha value is -4.36. The van der Waals surface area contributed by atoms with Gasteiger partial charge in [-0.15, -0.1) is 11.3 Å². The van der Waals surface area contributed by atoms with Crippen LogP contribution in [0.15, 0.2) is 48.8 Å². The second-order valence-electron chi connectivity index (χ2n) is 7.33. The summed E-state index contributed by atoms with van der Waals surface area (Å²) in [6.07, 6.45) is 1.78. The maximum absolute atomic E-state index is 12.3. The number of nitrogens with zero attached hydrogens (tertiary/aromatic N) is 6. The molecule has 0 saturated carbocycles. The standard InChI is InChI=1S/C23H18N8OS/c1-25-20-17-18(31(2)12-27-17)19-21(29-20)30-23(33-19)14-8-6-13(7-9-14)11-26-22(32)16-5-3-4-15(10-24)28-16/h3-9,12H,11H2,1-2H3,(H,25,29)(H,26,32). The number of carbonyl (C=O) groups excluding carboxylic acids is 1. The lowest BCUT2D eigenvalue weighted by molar-refractivity contribution is 0.0946. The molecule has 4 heterocycles. The number of benzene rings is 1. The SMILES string of the molecule is CNc1nc2nc(-c3ccc(CNC(=O)c4cccc(C#N)n4)cc3)sc2c2c1ncn2C. The van der Waals surface area contributed by atoms with Gasteiger partial charge in [0, 0.05) is 26.2 Å². The van der Waals surface area contributed by atoms with E-state index < -0.39 is 0 Å². The number of aromatic nitrogens is 5. The van der Waals surface area contributed by atoms with Gasteiger partial charge in [-0.25, -0.2) is 19.9 Å². The molecule has 5 aromatic rings. The van der Waals surface area contributed by atoms with Crippen LogP contribution in [0.3, 0.4) is 0 Å². The molecular weight excluding hydrogens is 436 g/mol. The third-order valence-corrected chi connectivity index (χ3v) is 6.29. The zero-order valence-corrected chi connectivity index (χ0v) is 18.6. The number of fused-ring (bicyclic) bond motifs is 3. The fourth-order valence-electron chi connectivity index (χ4n) is 3.53. The van der Waals surface area contributed by atoms with Gasteiger partial charge in [0.2, 0.25) is 0 Å². The lowest BCUT2D eigenvalue weighted by Gasteiger charge is -2.06. The van der Waals surface area contributed by atoms with Crippen molar-refractivity contribution in [2.45, 2.75) is 6.54 Å². The van der Waals surface area contributed by atoms with E-state index in [9.17, 15) is 4.79 Å². The third kappa shape index (κ3) is 3.75. The first kappa shape index (κ1) is 20.5. The van der Waals surface area contributed by atoms with Gasteiger partial charge in [-0.1, -0.05) is 30.3 Å². The molecule has 0 bridgehead atoms. The second-order valence-corrected chi connectivity index (χ2v) is 8.33. The average Bonchev–Trinajstić information content (AvgIpc) is 3.45. The minimum Gasteiger partial charge on any atom is -0.371 e. The Morgan fingerprint density at radius 2 is 1.97 bits per heavy atom. The fourth-order valence-corrected chi connectivity index (χ4v) is 4.63. The Morgan fingerprint density at radius 3 is 2.73 bits per heavy atom. The number of anilines is 1. The van der Waals surface area contributed by atoms with Crippen molar-refractivity contribution in [1.29, 1.82) is 5.26 Å². The molecule has 1 aromatic carbocycles. The zero-order valence-electron chi connectivity index (χ0n) is 17.8. The molecule has 1 amide bonds. The highest BCUT2D eigenvalue weighted by Gasteiger charge is 2.17. The van der Waals surface area contributed by atoms with E-state index in [1.807, 2.05) is 49.0 Å². The van der Waals surface area contributed by atoms with E-state index in [0.29, 0.717) is 18.0 Å². The van der Waals surface area contributed by atoms with Gasteiger partial charge in [0.05, 0.1) is 11.8 Å². The first-order valence-electron chi connectivity index (χ1n) is 10.1. The molecular formula is C23H18N8OS. The number of imidazole rings is 1. The van der Waals surface area contributed by atoms with E-state index in [0.717, 1.165) is 31.9 Å². The summed E-state index contributed by atoms with van der Waals surface area (Å²) >= 11 is 1.58. The van der Waals surface area contributed by atoms with Gasteiger partial charge < -0.3 is 15.2 Å². The van der Waals surface area contributed by atoms with Crippen molar-refractivity contribution in [3.63, 3.8) is 0 Å². The predicted octanol–water partition coefficient (Wildman–Crippen LogP) is 3.48. The number of rotatable bonds is 5. The number of thiazole rings is 1. The van der Waals surface area contributed by atoms with Crippen LogP contribution < -0.4 is 10.6 Å². The monoisotopic (exact) mass is 454 g/mol. The lowest BCUT2D eigenvalue weighted by atomic mass is 10.1. The van der Waals surface area contributed by atoms with Crippen molar-refractivity contribution >= 4 is 44.4 Å². The smallest absolute Gasteiger partial charge is 0.270 e. The van der Waals surface area contributed by atoms with Crippen LogP contribution in [0.25, 0.3) is 32.0 Å². The van der Waals surface area contributed by atoms with Crippen LogP contribution >= 0.6 is 11.3 Å². The molecule has 0 spiro atoms. The summed E-state index contributed by atoms with van der Waals surface area (Å²) in [6, 6.07) is 14.6. The zero-order chi connectivity index (χ0) is 22.9. The quantitative estimate of drug-likeness (QED) is 0.417. The topological polar surface area (TPSA) is 121 Å². The van der Waals surface area contributed by atoms with Crippen molar-refractivity contribution in [1.82, 2.24) is 29.8 Å². The first-order valence-corrected chi connectivity index (χ1v) is 10.9. The highest BCUT2D eigenvalue weighted by Crippen LogP contribution is 2.35. The first-order chi connectivity index (χ1) is 16.1. The van der Waals surface area contributed by atoms with Gasteiger partial charge in [-0.3, -0.25) is 4.79 Å². The van der Waals surface area contributed by atoms with E-state index in [1.54, 1.807) is 35.9 Å². The van der Waals surface area contributed by atoms with E-state index in [4.69, 9.17) is 10.2 Å². The molecule has 0 aliphatic carbocycles. The highest BCUT2D eigenvalue weighted by atomic mass is 32.1. The summed E-state index contributed by atoms with van der Waals surface area (Å²) < 4.78 is 2.97. The van der Waals surface area contributed by atoms with Crippen LogP contribution in [0.5, 0.6) is 0 Å². The molecule has 2 N–H and O–H groups in total. The second kappa shape index (κ2) is 8.29. The van der Waals surface area contributed by atoms with Crippen molar-refractivity contribution < 1.29 is 4.79 Å². The Labute approximate surface area is 192 Å². The van der Waals surface area contributed by atoms with E-state index in [2.05, 4.69) is 25.6 Å². The number of amides is 1. The highest BCUT2D eigenvalue weighted by molar-refractivity contribution is 7.22. The van der Waals surface area contributed by atoms with Crippen LogP contribution in [-0.4, -0.2) is 37.5 Å². The van der Waals surface area contributed by atoms with Crippen LogP contribution in [0.4, 0.5) is 5.82 Å². The number of pyridine rings is 2. The lowest BCUT2D eigenvalue weighted by Crippen LogP contribution is -2.23. The van der Waals surface area contributed by atoms with E-state index >= 15 is 0 Å². The summed E-state index contributed by atoms with van der Waals surface area (Å²) in [4.78, 5) is 30.2. The largest absolute Gasteiger partial charge is 0.371 e. The van der Waals surface area contributed by atoms with Crippen LogP contribution in [0.2, 0.25) is 0 Å². The molecule has 5 rings (SSSR count). The fraction of sp³-hybridized carbons (Fsp3) is 0.130. The molecule has 4 aromatic heterocycles. The maximum Gasteiger partial charge on any atom is 0.270 e. The van der Waals surface area contributed by atoms with Gasteiger partial charge in [0.1, 0.15) is 32.7 Å². The molecule has 33 heavy (non-hydrogen) atoms. The molecule has 0 atom stereocenters. The molecule has 9 nitrogen and oxygen atoms in total. The number of hydrogen-bond acceptors (Lipinski definition) is 8. The minimum atomic E-state index is -0.325. The summed E-state index contributed by atoms with van der Waals surface area (Å²) in [7, 11) is 3.78. The van der Waals surface area contributed by atoms with Gasteiger partial charge in [0.15, 0.2) is 11.5 Å². The van der Waals surface area contributed by atoms with Crippen molar-refractivity contribution in [3.8, 4) is 16.6 Å². The Balaban J connectivity index is 1.37. The molecule has 0 unspecified atom stereocenters. The molecule has 0 aliphatic rings. The van der Waals surface area contributed by atoms with E-state index in [1.165, 1.54) is 0 Å². The van der Waals surface area contributed by atoms with Crippen molar-refractivity contribution in [2.75, 3.05) is 12.4 Å². The summed E-state index contributed by atoms with van der Waals surface area (Å²) in [6.45, 7) is 0.347. The number of carbonyl (C=O) groups is 1. The summed E-state index contributed by atoms with van der Waals surface area (Å²) in [5, 5.41) is 15.7. The number of nitrogens with one attached hydrogen (secondary N) is 2. The molecule has 0 fully saturated rings. The maximum atomic E-state index is 12.3. The van der Waals surface area contributed by atoms with Gasteiger partial charge in [-0.05, 0) is 17.7 Å². The molecule has 10 heteroatoms. The van der Waals surface area contributed by atoms with Gasteiger partial charge >= 0.3 is 0 Å². The Morgan fingerprint density at radius 1 is 1.15 bits per heavy atom. The molecule has 0 saturated heterocycles. The predicted molar refractivity (Wildman–Crippen MR) is 127 cm³/mol. The van der Waals surface area contributed by atoms with Crippen LogP contribution in [-0.2, 0) is 13.6 Å². The average molecular weight is 455 g/mol. The van der Waals surface area contributed by atoms with Gasteiger partial charge in [0.25, 0.3) is 5.91 Å². The number of nitriles is 1. The van der Waals surface area contributed by atoms with Crippen molar-refractivity contribution in [3.05, 3.63) is 65.7 Å².